The van der Waals surface area contributed by atoms with Gasteiger partial charge in [-0.15, -0.1) is 0 Å². The van der Waals surface area contributed by atoms with E-state index in [1.165, 1.54) is 9.24 Å². The van der Waals surface area contributed by atoms with Crippen molar-refractivity contribution in [3.8, 4) is 5.75 Å². The van der Waals surface area contributed by atoms with Crippen LogP contribution >= 0.6 is 9.24 Å². The molecule has 1 aromatic rings. The van der Waals surface area contributed by atoms with Crippen molar-refractivity contribution in [1.29, 1.82) is 0 Å². The molecule has 0 aliphatic rings. The molecule has 0 aliphatic carbocycles. The van der Waals surface area contributed by atoms with E-state index in [2.05, 4.69) is 4.74 Å². The van der Waals surface area contributed by atoms with Gasteiger partial charge in [-0.05, 0) is 0 Å². The Hall–Kier alpha value is -1.37. The Morgan fingerprint density at radius 1 is 0.944 bits per heavy atom. The summed E-state index contributed by atoms with van der Waals surface area (Å²) < 4.78 is 90.2. The van der Waals surface area contributed by atoms with Crippen molar-refractivity contribution in [1.82, 2.24) is 0 Å². The van der Waals surface area contributed by atoms with E-state index in [0.29, 0.717) is 0 Å². The van der Waals surface area contributed by atoms with Crippen molar-refractivity contribution >= 4 is 20.5 Å². The third kappa shape index (κ3) is 2.55. The number of hydrogen-bond donors (Lipinski definition) is 0. The second-order valence-electron chi connectivity index (χ2n) is 2.89. The van der Waals surface area contributed by atoms with Gasteiger partial charge in [0.05, 0.1) is 5.30 Å². The highest BCUT2D eigenvalue weighted by atomic mass is 31.0. The van der Waals surface area contributed by atoms with Crippen LogP contribution in [-0.2, 0) is 4.79 Å². The van der Waals surface area contributed by atoms with Gasteiger partial charge in [0.25, 0.3) is 0 Å². The zero-order valence-corrected chi connectivity index (χ0v) is 9.19. The van der Waals surface area contributed by atoms with Crippen LogP contribution in [0.25, 0.3) is 0 Å². The van der Waals surface area contributed by atoms with Gasteiger partial charge in [-0.2, -0.15) is 17.6 Å². The van der Waals surface area contributed by atoms with Crippen LogP contribution < -0.4 is 10.0 Å². The molecule has 0 heterocycles. The fraction of sp³-hybridized carbons (Fsp3) is 0.125. The topological polar surface area (TPSA) is 26.3 Å². The minimum Gasteiger partial charge on any atom is -0.416 e. The summed E-state index contributed by atoms with van der Waals surface area (Å²) >= 11 is 0. The predicted molar refractivity (Wildman–Crippen MR) is 47.3 cm³/mol. The summed E-state index contributed by atoms with van der Waals surface area (Å²) in [6.07, 6.45) is -5.50. The molecule has 1 rings (SSSR count). The van der Waals surface area contributed by atoms with Crippen molar-refractivity contribution < 1.29 is 40.3 Å². The summed E-state index contributed by atoms with van der Waals surface area (Å²) in [6, 6.07) is 0. The Morgan fingerprint density at radius 2 is 1.39 bits per heavy atom. The molecule has 0 bridgehead atoms. The highest BCUT2D eigenvalue weighted by Crippen LogP contribution is 2.27. The molecule has 0 saturated carbocycles. The summed E-state index contributed by atoms with van der Waals surface area (Å²) in [5, 5.41) is -1.18. The molecule has 0 aliphatic heterocycles. The number of halogens is 7. The van der Waals surface area contributed by atoms with Crippen LogP contribution in [0.3, 0.4) is 0 Å². The van der Waals surface area contributed by atoms with Gasteiger partial charge in [-0.3, -0.25) is 0 Å². The molecule has 2 nitrogen and oxygen atoms in total. The SMILES string of the molecule is O=C(Oc1c(F)c(F)c(F)c(F)c1P)C(F)(F)F. The normalized spacial score (nSPS) is 11.6. The minimum atomic E-state index is -5.50. The second-order valence-corrected chi connectivity index (χ2v) is 3.46. The maximum atomic E-state index is 13.0. The van der Waals surface area contributed by atoms with E-state index in [4.69, 9.17) is 0 Å². The zero-order chi connectivity index (χ0) is 14.2. The van der Waals surface area contributed by atoms with E-state index >= 15 is 0 Å². The largest absolute Gasteiger partial charge is 0.491 e. The second kappa shape index (κ2) is 4.72. The molecule has 0 N–H and O–H groups in total. The van der Waals surface area contributed by atoms with Gasteiger partial charge in [0, 0.05) is 0 Å². The van der Waals surface area contributed by atoms with Crippen LogP contribution in [0.4, 0.5) is 30.7 Å². The molecule has 100 valence electrons. The van der Waals surface area contributed by atoms with Crippen LogP contribution in [0.2, 0.25) is 0 Å². The molecule has 0 saturated heterocycles. The Labute approximate surface area is 96.9 Å². The number of ether oxygens (including phenoxy) is 1. The molecule has 0 fully saturated rings. The molecule has 18 heavy (non-hydrogen) atoms. The maximum Gasteiger partial charge on any atom is 0.491 e. The summed E-state index contributed by atoms with van der Waals surface area (Å²) in [5.41, 5.74) is 0. The van der Waals surface area contributed by atoms with E-state index in [1.54, 1.807) is 0 Å². The molecule has 0 amide bonds. The molecule has 1 aromatic carbocycles. The molecule has 0 aromatic heterocycles. The lowest BCUT2D eigenvalue weighted by molar-refractivity contribution is -0.189. The first kappa shape index (κ1) is 14.7. The average molecular weight is 294 g/mol. The Balaban J connectivity index is 3.31. The lowest BCUT2D eigenvalue weighted by atomic mass is 10.3. The fourth-order valence-corrected chi connectivity index (χ4v) is 1.19. The zero-order valence-electron chi connectivity index (χ0n) is 8.04. The van der Waals surface area contributed by atoms with Crippen molar-refractivity contribution in [3.63, 3.8) is 0 Å². The molecule has 1 atom stereocenters. The van der Waals surface area contributed by atoms with Crippen molar-refractivity contribution in [2.45, 2.75) is 6.18 Å². The lowest BCUT2D eigenvalue weighted by Crippen LogP contribution is -2.30. The van der Waals surface area contributed by atoms with Gasteiger partial charge >= 0.3 is 12.1 Å². The monoisotopic (exact) mass is 294 g/mol. The number of benzene rings is 1. The van der Waals surface area contributed by atoms with Gasteiger partial charge in [0.1, 0.15) is 0 Å². The van der Waals surface area contributed by atoms with Crippen molar-refractivity contribution in [2.24, 2.45) is 0 Å². The minimum absolute atomic E-state index is 1.18. The molecular weight excluding hydrogens is 292 g/mol. The molecular formula is C8H2F7O2P. The van der Waals surface area contributed by atoms with E-state index in [1.807, 2.05) is 0 Å². The smallest absolute Gasteiger partial charge is 0.416 e. The van der Waals surface area contributed by atoms with Gasteiger partial charge in [0.15, 0.2) is 17.4 Å². The summed E-state index contributed by atoms with van der Waals surface area (Å²) in [6.45, 7) is 0. The molecule has 10 heteroatoms. The highest BCUT2D eigenvalue weighted by Gasteiger charge is 2.42. The van der Waals surface area contributed by atoms with Crippen molar-refractivity contribution in [2.75, 3.05) is 0 Å². The molecule has 1 unspecified atom stereocenters. The molecule has 0 spiro atoms. The van der Waals surface area contributed by atoms with E-state index in [0.717, 1.165) is 0 Å². The average Bonchev–Trinajstić information content (AvgIpc) is 2.28. The summed E-state index contributed by atoms with van der Waals surface area (Å²) in [4.78, 5) is 10.4. The summed E-state index contributed by atoms with van der Waals surface area (Å²) in [7, 11) is 1.30. The van der Waals surface area contributed by atoms with Gasteiger partial charge in [-0.25, -0.2) is 18.0 Å². The predicted octanol–water partition coefficient (Wildman–Crippen LogP) is 2.21. The standard InChI is InChI=1S/C8H2F7O2P/c9-1-2(10)4(12)6(18)5(3(1)11)17-7(16)8(13,14)15/h18H2. The number of alkyl halides is 3. The highest BCUT2D eigenvalue weighted by molar-refractivity contribution is 7.27. The van der Waals surface area contributed by atoms with E-state index < -0.39 is 46.5 Å². The maximum absolute atomic E-state index is 13.0. The number of rotatable bonds is 1. The van der Waals surface area contributed by atoms with Crippen LogP contribution in [0.1, 0.15) is 0 Å². The van der Waals surface area contributed by atoms with Crippen LogP contribution in [0, 0.1) is 23.3 Å². The first-order valence-corrected chi connectivity index (χ1v) is 4.55. The first-order valence-electron chi connectivity index (χ1n) is 3.97. The number of esters is 1. The Kier molecular flexibility index (Phi) is 3.85. The van der Waals surface area contributed by atoms with Gasteiger partial charge in [-0.1, -0.05) is 9.24 Å². The number of carbonyl (C=O) groups is 1. The summed E-state index contributed by atoms with van der Waals surface area (Å²) in [5.74, 6) is -13.4. The van der Waals surface area contributed by atoms with Gasteiger partial charge in [0.2, 0.25) is 11.6 Å². The van der Waals surface area contributed by atoms with E-state index in [-0.39, 0.29) is 0 Å². The van der Waals surface area contributed by atoms with Crippen LogP contribution in [0.15, 0.2) is 0 Å². The van der Waals surface area contributed by atoms with Crippen molar-refractivity contribution in [3.05, 3.63) is 23.3 Å². The third-order valence-electron chi connectivity index (χ3n) is 1.68. The van der Waals surface area contributed by atoms with Crippen LogP contribution in [0.5, 0.6) is 5.75 Å². The lowest BCUT2D eigenvalue weighted by Gasteiger charge is -2.11. The van der Waals surface area contributed by atoms with Crippen LogP contribution in [-0.4, -0.2) is 12.1 Å². The number of hydrogen-bond acceptors (Lipinski definition) is 2. The van der Waals surface area contributed by atoms with E-state index in [9.17, 15) is 35.5 Å². The fourth-order valence-electron chi connectivity index (χ4n) is 0.879. The van der Waals surface area contributed by atoms with Gasteiger partial charge < -0.3 is 4.74 Å². The molecule has 0 radical (unpaired) electrons. The Morgan fingerprint density at radius 3 is 1.83 bits per heavy atom. The third-order valence-corrected chi connectivity index (χ3v) is 2.20. The Bertz CT molecular complexity index is 482. The number of carbonyl (C=O) groups excluding carboxylic acids is 1. The quantitative estimate of drug-likeness (QED) is 0.198. The first-order chi connectivity index (χ1) is 8.07.